The van der Waals surface area contributed by atoms with Crippen LogP contribution in [0.1, 0.15) is 12.0 Å². The van der Waals surface area contributed by atoms with E-state index in [1.807, 2.05) is 18.2 Å². The highest BCUT2D eigenvalue weighted by Gasteiger charge is 2.14. The molecule has 0 saturated carbocycles. The first-order valence-corrected chi connectivity index (χ1v) is 10.8. The van der Waals surface area contributed by atoms with Gasteiger partial charge in [-0.1, -0.05) is 6.07 Å². The number of rotatable bonds is 5. The molecule has 1 aliphatic heterocycles. The maximum absolute atomic E-state index is 12.2. The number of hydrogen-bond acceptors (Lipinski definition) is 6. The van der Waals surface area contributed by atoms with Crippen molar-refractivity contribution in [2.24, 2.45) is 5.14 Å². The fourth-order valence-electron chi connectivity index (χ4n) is 2.56. The summed E-state index contributed by atoms with van der Waals surface area (Å²) in [6.45, 7) is 2.87. The van der Waals surface area contributed by atoms with Gasteiger partial charge in [0.15, 0.2) is 11.5 Å². The maximum atomic E-state index is 12.2. The van der Waals surface area contributed by atoms with Gasteiger partial charge in [-0.15, -0.1) is 11.8 Å². The Morgan fingerprint density at radius 1 is 1.15 bits per heavy atom. The van der Waals surface area contributed by atoms with E-state index in [1.54, 1.807) is 19.1 Å². The van der Waals surface area contributed by atoms with Gasteiger partial charge in [-0.3, -0.25) is 4.79 Å². The van der Waals surface area contributed by atoms with Crippen LogP contribution in [0.4, 0.5) is 5.69 Å². The lowest BCUT2D eigenvalue weighted by molar-refractivity contribution is -0.113. The minimum absolute atomic E-state index is 0.00384. The van der Waals surface area contributed by atoms with Crippen LogP contribution in [0.15, 0.2) is 46.2 Å². The maximum Gasteiger partial charge on any atom is 0.238 e. The molecule has 9 heteroatoms. The minimum atomic E-state index is -3.84. The highest BCUT2D eigenvalue weighted by atomic mass is 32.2. The van der Waals surface area contributed by atoms with Crippen molar-refractivity contribution in [1.82, 2.24) is 0 Å². The topological polar surface area (TPSA) is 108 Å². The van der Waals surface area contributed by atoms with Gasteiger partial charge in [-0.2, -0.15) is 0 Å². The molecule has 0 spiro atoms. The number of thioether (sulfide) groups is 1. The molecule has 27 heavy (non-hydrogen) atoms. The molecule has 0 aliphatic carbocycles. The van der Waals surface area contributed by atoms with Gasteiger partial charge in [0.25, 0.3) is 0 Å². The lowest BCUT2D eigenvalue weighted by atomic mass is 10.2. The van der Waals surface area contributed by atoms with Crippen molar-refractivity contribution < 1.29 is 22.7 Å². The number of amides is 1. The van der Waals surface area contributed by atoms with E-state index in [9.17, 15) is 13.2 Å². The molecule has 0 radical (unpaired) electrons. The van der Waals surface area contributed by atoms with Crippen molar-refractivity contribution in [3.63, 3.8) is 0 Å². The predicted octanol–water partition coefficient (Wildman–Crippen LogP) is 2.53. The van der Waals surface area contributed by atoms with E-state index in [1.165, 1.54) is 17.8 Å². The molecule has 0 saturated heterocycles. The molecule has 2 aromatic rings. The van der Waals surface area contributed by atoms with Crippen molar-refractivity contribution in [3.8, 4) is 11.5 Å². The number of aryl methyl sites for hydroxylation is 1. The average molecular weight is 409 g/mol. The molecule has 3 rings (SSSR count). The average Bonchev–Trinajstić information content (AvgIpc) is 2.85. The van der Waals surface area contributed by atoms with Crippen LogP contribution in [0, 0.1) is 6.92 Å². The van der Waals surface area contributed by atoms with E-state index in [0.717, 1.165) is 11.3 Å². The zero-order chi connectivity index (χ0) is 19.4. The largest absolute Gasteiger partial charge is 0.490 e. The van der Waals surface area contributed by atoms with Crippen molar-refractivity contribution >= 4 is 33.4 Å². The molecular weight excluding hydrogens is 388 g/mol. The van der Waals surface area contributed by atoms with Gasteiger partial charge in [0.1, 0.15) is 0 Å². The highest BCUT2D eigenvalue weighted by molar-refractivity contribution is 8.00. The number of nitrogens with two attached hydrogens (primary N) is 1. The Morgan fingerprint density at radius 3 is 2.63 bits per heavy atom. The van der Waals surface area contributed by atoms with Gasteiger partial charge in [-0.25, -0.2) is 13.6 Å². The summed E-state index contributed by atoms with van der Waals surface area (Å²) in [6.07, 6.45) is 0.830. The predicted molar refractivity (Wildman–Crippen MR) is 104 cm³/mol. The quantitative estimate of drug-likeness (QED) is 0.736. The Labute approximate surface area is 162 Å². The third-order valence-corrected chi connectivity index (χ3v) is 5.91. The van der Waals surface area contributed by atoms with Crippen LogP contribution in [0.25, 0.3) is 0 Å². The fraction of sp³-hybridized carbons (Fsp3) is 0.278. The van der Waals surface area contributed by atoms with Crippen molar-refractivity contribution in [2.45, 2.75) is 23.1 Å². The first-order valence-electron chi connectivity index (χ1n) is 8.29. The molecular formula is C18H20N2O5S2. The second-order valence-electron chi connectivity index (χ2n) is 6.02. The van der Waals surface area contributed by atoms with Crippen molar-refractivity contribution in [2.75, 3.05) is 24.3 Å². The normalized spacial score (nSPS) is 13.7. The van der Waals surface area contributed by atoms with Crippen LogP contribution in [0.3, 0.4) is 0 Å². The zero-order valence-electron chi connectivity index (χ0n) is 14.7. The summed E-state index contributed by atoms with van der Waals surface area (Å²) in [5, 5.41) is 7.88. The van der Waals surface area contributed by atoms with E-state index in [2.05, 4.69) is 5.32 Å². The molecule has 144 valence electrons. The van der Waals surface area contributed by atoms with Crippen LogP contribution in [-0.4, -0.2) is 33.3 Å². The van der Waals surface area contributed by atoms with Crippen molar-refractivity contribution in [1.29, 1.82) is 0 Å². The van der Waals surface area contributed by atoms with Gasteiger partial charge in [-0.05, 0) is 42.8 Å². The van der Waals surface area contributed by atoms with Gasteiger partial charge in [0.2, 0.25) is 15.9 Å². The van der Waals surface area contributed by atoms with Crippen molar-refractivity contribution in [3.05, 3.63) is 42.0 Å². The number of benzene rings is 2. The Kier molecular flexibility index (Phi) is 5.93. The van der Waals surface area contributed by atoms with E-state index in [4.69, 9.17) is 14.6 Å². The van der Waals surface area contributed by atoms with Gasteiger partial charge in [0.05, 0.1) is 23.9 Å². The number of ether oxygens (including phenoxy) is 2. The molecule has 0 unspecified atom stereocenters. The molecule has 0 bridgehead atoms. The third-order valence-electron chi connectivity index (χ3n) is 3.87. The second-order valence-corrected chi connectivity index (χ2v) is 8.60. The standard InChI is InChI=1S/C18H20N2O5S2/c1-12-3-4-13(9-17(12)27(19,22)23)20-18(21)11-26-14-5-6-15-16(10-14)25-8-2-7-24-15/h3-6,9-10H,2,7-8,11H2,1H3,(H,20,21)(H2,19,22,23). The summed E-state index contributed by atoms with van der Waals surface area (Å²) in [5.74, 6) is 1.29. The first kappa shape index (κ1) is 19.5. The monoisotopic (exact) mass is 408 g/mol. The molecule has 7 nitrogen and oxygen atoms in total. The summed E-state index contributed by atoms with van der Waals surface area (Å²) in [4.78, 5) is 13.1. The zero-order valence-corrected chi connectivity index (χ0v) is 16.4. The summed E-state index contributed by atoms with van der Waals surface area (Å²) in [5.41, 5.74) is 0.908. The lowest BCUT2D eigenvalue weighted by Crippen LogP contribution is -2.17. The number of sulfonamides is 1. The Hall–Kier alpha value is -2.23. The molecule has 0 aromatic heterocycles. The molecule has 1 heterocycles. The molecule has 1 aliphatic rings. The minimum Gasteiger partial charge on any atom is -0.490 e. The van der Waals surface area contributed by atoms with Crippen LogP contribution < -0.4 is 19.9 Å². The summed E-state index contributed by atoms with van der Waals surface area (Å²) < 4.78 is 34.4. The summed E-state index contributed by atoms with van der Waals surface area (Å²) in [7, 11) is -3.84. The Morgan fingerprint density at radius 2 is 1.89 bits per heavy atom. The van der Waals surface area contributed by atoms with E-state index >= 15 is 0 Å². The number of fused-ring (bicyclic) bond motifs is 1. The van der Waals surface area contributed by atoms with Gasteiger partial charge in [0, 0.05) is 17.0 Å². The van der Waals surface area contributed by atoms with Crippen LogP contribution in [0.5, 0.6) is 11.5 Å². The molecule has 1 amide bonds. The number of carbonyl (C=O) groups is 1. The summed E-state index contributed by atoms with van der Waals surface area (Å²) >= 11 is 1.35. The number of carbonyl (C=O) groups excluding carboxylic acids is 1. The Bertz CT molecular complexity index is 960. The second kappa shape index (κ2) is 8.20. The van der Waals surface area contributed by atoms with E-state index in [0.29, 0.717) is 36.0 Å². The Balaban J connectivity index is 1.63. The van der Waals surface area contributed by atoms with E-state index in [-0.39, 0.29) is 16.6 Å². The SMILES string of the molecule is Cc1ccc(NC(=O)CSc2ccc3c(c2)OCCCO3)cc1S(N)(=O)=O. The van der Waals surface area contributed by atoms with Crippen LogP contribution >= 0.6 is 11.8 Å². The van der Waals surface area contributed by atoms with Crippen LogP contribution in [0.2, 0.25) is 0 Å². The molecule has 2 aromatic carbocycles. The number of primary sulfonamides is 1. The number of nitrogens with one attached hydrogen (secondary N) is 1. The first-order chi connectivity index (χ1) is 12.8. The molecule has 0 fully saturated rings. The van der Waals surface area contributed by atoms with E-state index < -0.39 is 10.0 Å². The molecule has 0 atom stereocenters. The highest BCUT2D eigenvalue weighted by Crippen LogP contribution is 2.33. The number of hydrogen-bond donors (Lipinski definition) is 2. The lowest BCUT2D eigenvalue weighted by Gasteiger charge is -2.10. The third kappa shape index (κ3) is 5.15. The molecule has 3 N–H and O–H groups in total. The van der Waals surface area contributed by atoms with Crippen LogP contribution in [-0.2, 0) is 14.8 Å². The van der Waals surface area contributed by atoms with Gasteiger partial charge >= 0.3 is 0 Å². The number of anilines is 1. The smallest absolute Gasteiger partial charge is 0.238 e. The van der Waals surface area contributed by atoms with Gasteiger partial charge < -0.3 is 14.8 Å². The summed E-state index contributed by atoms with van der Waals surface area (Å²) in [6, 6.07) is 10.2. The fourth-order valence-corrected chi connectivity index (χ4v) is 4.10.